The van der Waals surface area contributed by atoms with Gasteiger partial charge in [0.2, 0.25) is 5.91 Å². The van der Waals surface area contributed by atoms with E-state index in [4.69, 9.17) is 0 Å². The summed E-state index contributed by atoms with van der Waals surface area (Å²) < 4.78 is 0. The number of carbonyl (C=O) groups excluding carboxylic acids is 1. The molecular weight excluding hydrogens is 262 g/mol. The molecule has 2 aliphatic heterocycles. The lowest BCUT2D eigenvalue weighted by Gasteiger charge is -2.22. The van der Waals surface area contributed by atoms with Crippen LogP contribution in [-0.4, -0.2) is 36.5 Å². The van der Waals surface area contributed by atoms with Gasteiger partial charge >= 0.3 is 0 Å². The number of amides is 1. The molecule has 1 fully saturated rings. The van der Waals surface area contributed by atoms with Gasteiger partial charge in [-0.15, -0.1) is 0 Å². The molecule has 2 N–H and O–H groups in total. The van der Waals surface area contributed by atoms with Gasteiger partial charge in [0.05, 0.1) is 0 Å². The number of hydrogen-bond donors (Lipinski definition) is 2. The minimum absolute atomic E-state index is 0.131. The maximum absolute atomic E-state index is 11.4. The van der Waals surface area contributed by atoms with Crippen molar-refractivity contribution in [2.45, 2.75) is 45.1 Å². The highest BCUT2D eigenvalue weighted by Gasteiger charge is 2.18. The van der Waals surface area contributed by atoms with Crippen LogP contribution in [0.4, 0.5) is 11.4 Å². The van der Waals surface area contributed by atoms with Crippen molar-refractivity contribution in [3.05, 3.63) is 23.8 Å². The summed E-state index contributed by atoms with van der Waals surface area (Å²) >= 11 is 0. The molecule has 1 unspecified atom stereocenters. The monoisotopic (exact) mass is 287 g/mol. The topological polar surface area (TPSA) is 44.4 Å². The zero-order valence-electron chi connectivity index (χ0n) is 12.8. The third kappa shape index (κ3) is 3.56. The van der Waals surface area contributed by atoms with Crippen LogP contribution in [0.1, 0.15) is 38.2 Å². The van der Waals surface area contributed by atoms with Crippen molar-refractivity contribution in [2.75, 3.05) is 30.3 Å². The predicted octanol–water partition coefficient (Wildman–Crippen LogP) is 2.86. The number of nitrogens with one attached hydrogen (secondary N) is 2. The average molecular weight is 287 g/mol. The van der Waals surface area contributed by atoms with Gasteiger partial charge in [0.15, 0.2) is 0 Å². The number of aryl methyl sites for hydroxylation is 1. The van der Waals surface area contributed by atoms with E-state index in [1.165, 1.54) is 43.6 Å². The molecule has 1 saturated heterocycles. The van der Waals surface area contributed by atoms with Crippen LogP contribution in [0, 0.1) is 0 Å². The van der Waals surface area contributed by atoms with E-state index in [1.807, 2.05) is 6.07 Å². The van der Waals surface area contributed by atoms with Crippen LogP contribution in [0.3, 0.4) is 0 Å². The molecule has 1 aromatic rings. The molecule has 0 radical (unpaired) electrons. The van der Waals surface area contributed by atoms with Crippen molar-refractivity contribution < 1.29 is 4.79 Å². The van der Waals surface area contributed by atoms with E-state index in [0.29, 0.717) is 12.5 Å². The third-order valence-electron chi connectivity index (χ3n) is 4.64. The highest BCUT2D eigenvalue weighted by molar-refractivity contribution is 5.94. The van der Waals surface area contributed by atoms with E-state index in [9.17, 15) is 4.79 Å². The van der Waals surface area contributed by atoms with Gasteiger partial charge in [-0.05, 0) is 62.5 Å². The fourth-order valence-corrected chi connectivity index (χ4v) is 3.33. The molecule has 1 amide bonds. The number of nitrogens with zero attached hydrogens (tertiary/aromatic N) is 1. The second-order valence-corrected chi connectivity index (χ2v) is 6.13. The van der Waals surface area contributed by atoms with Gasteiger partial charge in [-0.1, -0.05) is 6.92 Å². The quantitative estimate of drug-likeness (QED) is 0.898. The number of likely N-dealkylation sites (tertiary alicyclic amines) is 1. The molecule has 0 spiro atoms. The number of anilines is 2. The first-order valence-corrected chi connectivity index (χ1v) is 8.16. The molecule has 1 aromatic carbocycles. The fourth-order valence-electron chi connectivity index (χ4n) is 3.33. The van der Waals surface area contributed by atoms with Crippen LogP contribution in [-0.2, 0) is 11.2 Å². The number of hydrogen-bond acceptors (Lipinski definition) is 3. The SMILES string of the molecule is CCN1CCCC(Nc2ccc3c(c2)CCC(=O)N3)CC1. The summed E-state index contributed by atoms with van der Waals surface area (Å²) in [6.45, 7) is 5.82. The van der Waals surface area contributed by atoms with E-state index >= 15 is 0 Å². The molecule has 0 saturated carbocycles. The van der Waals surface area contributed by atoms with Crippen LogP contribution in [0.25, 0.3) is 0 Å². The largest absolute Gasteiger partial charge is 0.382 e. The Bertz CT molecular complexity index is 515. The summed E-state index contributed by atoms with van der Waals surface area (Å²) in [7, 11) is 0. The number of carbonyl (C=O) groups is 1. The molecular formula is C17H25N3O. The number of fused-ring (bicyclic) bond motifs is 1. The van der Waals surface area contributed by atoms with Gasteiger partial charge in [-0.3, -0.25) is 4.79 Å². The van der Waals surface area contributed by atoms with Crippen molar-refractivity contribution in [3.63, 3.8) is 0 Å². The molecule has 1 atom stereocenters. The maximum Gasteiger partial charge on any atom is 0.224 e. The van der Waals surface area contributed by atoms with Crippen molar-refractivity contribution in [2.24, 2.45) is 0 Å². The van der Waals surface area contributed by atoms with E-state index < -0.39 is 0 Å². The van der Waals surface area contributed by atoms with E-state index in [1.54, 1.807) is 0 Å². The molecule has 0 aliphatic carbocycles. The van der Waals surface area contributed by atoms with Crippen LogP contribution in [0.5, 0.6) is 0 Å². The van der Waals surface area contributed by atoms with Gasteiger partial charge in [0.1, 0.15) is 0 Å². The molecule has 0 bridgehead atoms. The van der Waals surface area contributed by atoms with Crippen LogP contribution in [0.2, 0.25) is 0 Å². The lowest BCUT2D eigenvalue weighted by molar-refractivity contribution is -0.116. The van der Waals surface area contributed by atoms with Gasteiger partial charge in [0, 0.05) is 30.4 Å². The highest BCUT2D eigenvalue weighted by atomic mass is 16.1. The number of benzene rings is 1. The summed E-state index contributed by atoms with van der Waals surface area (Å²) in [6.07, 6.45) is 5.18. The summed E-state index contributed by atoms with van der Waals surface area (Å²) in [5.74, 6) is 0.131. The molecule has 114 valence electrons. The molecule has 4 heteroatoms. The van der Waals surface area contributed by atoms with Gasteiger partial charge in [-0.2, -0.15) is 0 Å². The molecule has 4 nitrogen and oxygen atoms in total. The molecule has 3 rings (SSSR count). The first-order chi connectivity index (χ1) is 10.2. The normalized spacial score (nSPS) is 23.1. The van der Waals surface area contributed by atoms with Crippen LogP contribution < -0.4 is 10.6 Å². The lowest BCUT2D eigenvalue weighted by atomic mass is 10.0. The smallest absolute Gasteiger partial charge is 0.224 e. The van der Waals surface area contributed by atoms with Crippen molar-refractivity contribution in [3.8, 4) is 0 Å². The van der Waals surface area contributed by atoms with E-state index in [-0.39, 0.29) is 5.91 Å². The molecule has 2 aliphatic rings. The van der Waals surface area contributed by atoms with E-state index in [2.05, 4.69) is 34.6 Å². The number of rotatable bonds is 3. The second kappa shape index (κ2) is 6.48. The molecule has 2 heterocycles. The summed E-state index contributed by atoms with van der Waals surface area (Å²) in [4.78, 5) is 13.9. The van der Waals surface area contributed by atoms with Gasteiger partial charge in [0.25, 0.3) is 0 Å². The fraction of sp³-hybridized carbons (Fsp3) is 0.588. The Hall–Kier alpha value is -1.55. The Labute approximate surface area is 126 Å². The van der Waals surface area contributed by atoms with Crippen molar-refractivity contribution in [1.82, 2.24) is 4.90 Å². The Morgan fingerprint density at radius 1 is 1.29 bits per heavy atom. The molecule has 21 heavy (non-hydrogen) atoms. The maximum atomic E-state index is 11.4. The van der Waals surface area contributed by atoms with Crippen LogP contribution in [0.15, 0.2) is 18.2 Å². The third-order valence-corrected chi connectivity index (χ3v) is 4.64. The second-order valence-electron chi connectivity index (χ2n) is 6.13. The van der Waals surface area contributed by atoms with Gasteiger partial charge in [-0.25, -0.2) is 0 Å². The Morgan fingerprint density at radius 2 is 2.19 bits per heavy atom. The summed E-state index contributed by atoms with van der Waals surface area (Å²) in [6, 6.07) is 6.89. The summed E-state index contributed by atoms with van der Waals surface area (Å²) in [5.41, 5.74) is 3.43. The Kier molecular flexibility index (Phi) is 4.44. The van der Waals surface area contributed by atoms with Crippen molar-refractivity contribution >= 4 is 17.3 Å². The highest BCUT2D eigenvalue weighted by Crippen LogP contribution is 2.27. The first kappa shape index (κ1) is 14.4. The van der Waals surface area contributed by atoms with E-state index in [0.717, 1.165) is 18.7 Å². The molecule has 0 aromatic heterocycles. The van der Waals surface area contributed by atoms with Crippen LogP contribution >= 0.6 is 0 Å². The summed E-state index contributed by atoms with van der Waals surface area (Å²) in [5, 5.41) is 6.63. The zero-order chi connectivity index (χ0) is 14.7. The first-order valence-electron chi connectivity index (χ1n) is 8.16. The predicted molar refractivity (Wildman–Crippen MR) is 86.8 cm³/mol. The Morgan fingerprint density at radius 3 is 3.05 bits per heavy atom. The lowest BCUT2D eigenvalue weighted by Crippen LogP contribution is -2.26. The minimum Gasteiger partial charge on any atom is -0.382 e. The Balaban J connectivity index is 1.64. The standard InChI is InChI=1S/C17H25N3O/c1-2-20-10-3-4-14(9-11-20)18-15-6-7-16-13(12-15)5-8-17(21)19-16/h6-7,12,14,18H,2-5,8-11H2,1H3,(H,19,21). The van der Waals surface area contributed by atoms with Gasteiger partial charge < -0.3 is 15.5 Å². The zero-order valence-corrected chi connectivity index (χ0v) is 12.8. The average Bonchev–Trinajstić information content (AvgIpc) is 2.72. The minimum atomic E-state index is 0.131. The van der Waals surface area contributed by atoms with Crippen molar-refractivity contribution in [1.29, 1.82) is 0 Å².